The molecule has 31 heavy (non-hydrogen) atoms. The number of aromatic nitrogens is 2. The molecule has 0 aliphatic rings. The number of nitrogens with one attached hydrogen (secondary N) is 1. The van der Waals surface area contributed by atoms with Crippen molar-refractivity contribution in [2.45, 2.75) is 19.9 Å². The monoisotopic (exact) mass is 441 g/mol. The Morgan fingerprint density at radius 3 is 2.68 bits per heavy atom. The summed E-state index contributed by atoms with van der Waals surface area (Å²) in [5.41, 5.74) is 0.499. The fourth-order valence-corrected chi connectivity index (χ4v) is 3.28. The number of carbonyl (C=O) groups excluding carboxylic acids is 1. The van der Waals surface area contributed by atoms with E-state index in [2.05, 4.69) is 15.5 Å². The molecule has 0 bridgehead atoms. The molecule has 0 unspecified atom stereocenters. The summed E-state index contributed by atoms with van der Waals surface area (Å²) in [6.45, 7) is 1.56. The van der Waals surface area contributed by atoms with E-state index >= 15 is 0 Å². The number of phenols is 2. The predicted octanol–water partition coefficient (Wildman–Crippen LogP) is 3.07. The second kappa shape index (κ2) is 8.11. The third kappa shape index (κ3) is 4.22. The molecular weight excluding hydrogens is 426 g/mol. The maximum Gasteiger partial charge on any atom is 0.340 e. The fourth-order valence-electron chi connectivity index (χ4n) is 3.15. The molecule has 0 aliphatic heterocycles. The van der Waals surface area contributed by atoms with Gasteiger partial charge in [0.25, 0.3) is 0 Å². The zero-order chi connectivity index (χ0) is 22.1. The number of phenolic OH excluding ortho intramolecular Hbond substituents is 2. The molecule has 0 aliphatic carbocycles. The quantitative estimate of drug-likeness (QED) is 0.401. The van der Waals surface area contributed by atoms with E-state index in [9.17, 15) is 19.8 Å². The van der Waals surface area contributed by atoms with Crippen molar-refractivity contribution in [1.82, 2.24) is 15.5 Å². The van der Waals surface area contributed by atoms with E-state index in [1.54, 1.807) is 31.2 Å². The molecule has 0 saturated carbocycles. The number of aromatic hydroxyl groups is 2. The first-order valence-electron chi connectivity index (χ1n) is 9.15. The standard InChI is InChI=1S/C21H16ClN3O6/c1-10-14(21(29)30-16-7-13(26)6-15(27)19(10)16)8-17(28)23-9-18-24-20(25-31-18)11-2-4-12(22)5-3-11/h2-7,26-27H,8-9H2,1H3,(H,23,28). The van der Waals surface area contributed by atoms with Gasteiger partial charge in [0.2, 0.25) is 17.6 Å². The van der Waals surface area contributed by atoms with Gasteiger partial charge in [-0.05, 0) is 36.8 Å². The van der Waals surface area contributed by atoms with Crippen LogP contribution in [0, 0.1) is 6.92 Å². The number of benzene rings is 2. The molecule has 9 nitrogen and oxygen atoms in total. The zero-order valence-electron chi connectivity index (χ0n) is 16.2. The number of hydrogen-bond acceptors (Lipinski definition) is 8. The Labute approximate surface area is 179 Å². The van der Waals surface area contributed by atoms with Gasteiger partial charge in [0.05, 0.1) is 23.9 Å². The molecule has 4 rings (SSSR count). The number of fused-ring (bicyclic) bond motifs is 1. The Morgan fingerprint density at radius 2 is 1.94 bits per heavy atom. The number of nitrogens with zero attached hydrogens (tertiary/aromatic N) is 2. The van der Waals surface area contributed by atoms with Gasteiger partial charge >= 0.3 is 5.63 Å². The molecule has 0 fully saturated rings. The number of carbonyl (C=O) groups is 1. The first kappa shape index (κ1) is 20.4. The summed E-state index contributed by atoms with van der Waals surface area (Å²) in [4.78, 5) is 28.9. The second-order valence-corrected chi connectivity index (χ2v) is 7.24. The average molecular weight is 442 g/mol. The van der Waals surface area contributed by atoms with Gasteiger partial charge in [-0.1, -0.05) is 16.8 Å². The Bertz CT molecular complexity index is 1340. The van der Waals surface area contributed by atoms with Crippen LogP contribution in [0.25, 0.3) is 22.4 Å². The van der Waals surface area contributed by atoms with E-state index in [-0.39, 0.29) is 46.9 Å². The zero-order valence-corrected chi connectivity index (χ0v) is 16.9. The summed E-state index contributed by atoms with van der Waals surface area (Å²) in [6.07, 6.45) is -0.275. The molecule has 2 aromatic carbocycles. The fraction of sp³-hybridized carbons (Fsp3) is 0.143. The summed E-state index contributed by atoms with van der Waals surface area (Å²) in [6, 6.07) is 9.24. The van der Waals surface area contributed by atoms with E-state index in [0.29, 0.717) is 22.0 Å². The number of hydrogen-bond donors (Lipinski definition) is 3. The lowest BCUT2D eigenvalue weighted by Gasteiger charge is -2.09. The van der Waals surface area contributed by atoms with Crippen molar-refractivity contribution in [2.75, 3.05) is 0 Å². The van der Waals surface area contributed by atoms with Gasteiger partial charge in [0.15, 0.2) is 0 Å². The summed E-state index contributed by atoms with van der Waals surface area (Å²) in [5.74, 6) is -0.423. The molecule has 0 atom stereocenters. The maximum atomic E-state index is 12.4. The van der Waals surface area contributed by atoms with Crippen molar-refractivity contribution in [3.8, 4) is 22.9 Å². The third-order valence-corrected chi connectivity index (χ3v) is 4.94. The van der Waals surface area contributed by atoms with E-state index in [1.165, 1.54) is 6.07 Å². The van der Waals surface area contributed by atoms with Crippen molar-refractivity contribution >= 4 is 28.5 Å². The minimum absolute atomic E-state index is 0.0312. The van der Waals surface area contributed by atoms with Gasteiger partial charge in [-0.15, -0.1) is 0 Å². The molecule has 0 spiro atoms. The smallest absolute Gasteiger partial charge is 0.340 e. The molecular formula is C21H16ClN3O6. The SMILES string of the molecule is Cc1c(CC(=O)NCc2nc(-c3ccc(Cl)cc3)no2)c(=O)oc2cc(O)cc(O)c12. The van der Waals surface area contributed by atoms with Gasteiger partial charge in [-0.2, -0.15) is 4.98 Å². The van der Waals surface area contributed by atoms with E-state index in [4.69, 9.17) is 20.5 Å². The summed E-state index contributed by atoms with van der Waals surface area (Å²) < 4.78 is 10.3. The van der Waals surface area contributed by atoms with Gasteiger partial charge in [0.1, 0.15) is 17.1 Å². The Balaban J connectivity index is 1.48. The molecule has 0 radical (unpaired) electrons. The highest BCUT2D eigenvalue weighted by Gasteiger charge is 2.18. The molecule has 4 aromatic rings. The van der Waals surface area contributed by atoms with Crippen molar-refractivity contribution < 1.29 is 23.9 Å². The third-order valence-electron chi connectivity index (χ3n) is 4.69. The van der Waals surface area contributed by atoms with Crippen LogP contribution < -0.4 is 10.9 Å². The Morgan fingerprint density at radius 1 is 1.19 bits per heavy atom. The van der Waals surface area contributed by atoms with Crippen LogP contribution in [-0.4, -0.2) is 26.3 Å². The molecule has 3 N–H and O–H groups in total. The number of halogens is 1. The van der Waals surface area contributed by atoms with Crippen LogP contribution in [0.5, 0.6) is 11.5 Å². The highest BCUT2D eigenvalue weighted by atomic mass is 35.5. The molecule has 1 amide bonds. The van der Waals surface area contributed by atoms with Crippen molar-refractivity contribution in [3.63, 3.8) is 0 Å². The first-order valence-corrected chi connectivity index (χ1v) is 9.53. The lowest BCUT2D eigenvalue weighted by molar-refractivity contribution is -0.120. The van der Waals surface area contributed by atoms with Gasteiger partial charge in [-0.25, -0.2) is 4.79 Å². The lowest BCUT2D eigenvalue weighted by Crippen LogP contribution is -2.27. The van der Waals surface area contributed by atoms with Crippen LogP contribution in [0.3, 0.4) is 0 Å². The van der Waals surface area contributed by atoms with E-state index in [1.807, 2.05) is 0 Å². The predicted molar refractivity (Wildman–Crippen MR) is 111 cm³/mol. The molecule has 2 heterocycles. The van der Waals surface area contributed by atoms with Crippen LogP contribution >= 0.6 is 11.6 Å². The normalized spacial score (nSPS) is 11.0. The largest absolute Gasteiger partial charge is 0.508 e. The second-order valence-electron chi connectivity index (χ2n) is 6.80. The van der Waals surface area contributed by atoms with Crippen LogP contribution in [0.15, 0.2) is 50.1 Å². The van der Waals surface area contributed by atoms with Crippen molar-refractivity contribution in [2.24, 2.45) is 0 Å². The van der Waals surface area contributed by atoms with E-state index in [0.717, 1.165) is 6.07 Å². The summed E-state index contributed by atoms with van der Waals surface area (Å²) in [7, 11) is 0. The minimum Gasteiger partial charge on any atom is -0.508 e. The van der Waals surface area contributed by atoms with Gasteiger partial charge in [-0.3, -0.25) is 4.79 Å². The van der Waals surface area contributed by atoms with Gasteiger partial charge in [0, 0.05) is 22.7 Å². The van der Waals surface area contributed by atoms with Crippen molar-refractivity contribution in [1.29, 1.82) is 0 Å². The van der Waals surface area contributed by atoms with Crippen molar-refractivity contribution in [3.05, 3.63) is 68.9 Å². The lowest BCUT2D eigenvalue weighted by atomic mass is 10.0. The van der Waals surface area contributed by atoms with Crippen LogP contribution in [-0.2, 0) is 17.8 Å². The molecule has 158 valence electrons. The number of amides is 1. The van der Waals surface area contributed by atoms with Crippen LogP contribution in [0.1, 0.15) is 17.0 Å². The average Bonchev–Trinajstić information content (AvgIpc) is 3.18. The summed E-state index contributed by atoms with van der Waals surface area (Å²) >= 11 is 5.86. The minimum atomic E-state index is -0.729. The maximum absolute atomic E-state index is 12.4. The summed E-state index contributed by atoms with van der Waals surface area (Å²) in [5, 5.41) is 27.0. The number of rotatable bonds is 5. The first-order chi connectivity index (χ1) is 14.8. The molecule has 2 aromatic heterocycles. The highest BCUT2D eigenvalue weighted by molar-refractivity contribution is 6.30. The van der Waals surface area contributed by atoms with Gasteiger partial charge < -0.3 is 24.5 Å². The Kier molecular flexibility index (Phi) is 5.35. The Hall–Kier alpha value is -3.85. The highest BCUT2D eigenvalue weighted by Crippen LogP contribution is 2.32. The van der Waals surface area contributed by atoms with E-state index < -0.39 is 11.5 Å². The molecule has 0 saturated heterocycles. The number of aryl methyl sites for hydroxylation is 1. The molecule has 10 heteroatoms. The topological polar surface area (TPSA) is 139 Å². The van der Waals surface area contributed by atoms with Crippen LogP contribution in [0.2, 0.25) is 5.02 Å². The van der Waals surface area contributed by atoms with Crippen LogP contribution in [0.4, 0.5) is 0 Å².